The Kier molecular flexibility index (Phi) is 6.60. The third-order valence-electron chi connectivity index (χ3n) is 7.99. The van der Waals surface area contributed by atoms with Gasteiger partial charge in [0.15, 0.2) is 0 Å². The zero-order valence-corrected chi connectivity index (χ0v) is 21.2. The second kappa shape index (κ2) is 9.59. The van der Waals surface area contributed by atoms with Gasteiger partial charge in [-0.2, -0.15) is 0 Å². The lowest BCUT2D eigenvalue weighted by molar-refractivity contribution is -0.151. The minimum absolute atomic E-state index is 0.115. The maximum Gasteiger partial charge on any atom is 0.310 e. The van der Waals surface area contributed by atoms with Crippen LogP contribution in [0.2, 0.25) is 5.02 Å². The van der Waals surface area contributed by atoms with Crippen LogP contribution in [-0.2, 0) is 19.1 Å². The molecule has 1 spiro atoms. The van der Waals surface area contributed by atoms with E-state index >= 15 is 0 Å². The highest BCUT2D eigenvalue weighted by molar-refractivity contribution is 6.34. The number of aryl methyl sites for hydroxylation is 1. The summed E-state index contributed by atoms with van der Waals surface area (Å²) < 4.78 is 6.32. The Morgan fingerprint density at radius 3 is 2.62 bits per heavy atom. The molecule has 3 heterocycles. The number of fused-ring (bicyclic) bond motifs is 1. The lowest BCUT2D eigenvalue weighted by Crippen LogP contribution is -2.57. The predicted molar refractivity (Wildman–Crippen MR) is 137 cm³/mol. The summed E-state index contributed by atoms with van der Waals surface area (Å²) in [6.45, 7) is 5.31. The smallest absolute Gasteiger partial charge is 0.310 e. The molecular formula is C28H29ClN2O6. The van der Waals surface area contributed by atoms with Crippen LogP contribution in [0, 0.1) is 18.8 Å². The van der Waals surface area contributed by atoms with Crippen molar-refractivity contribution in [3.8, 4) is 0 Å². The maximum atomic E-state index is 14.6. The number of ether oxygens (including phenoxy) is 1. The van der Waals surface area contributed by atoms with E-state index in [0.717, 1.165) is 5.56 Å². The van der Waals surface area contributed by atoms with Crippen LogP contribution in [0.1, 0.15) is 30.0 Å². The maximum absolute atomic E-state index is 14.6. The highest BCUT2D eigenvalue weighted by Crippen LogP contribution is 2.60. The van der Waals surface area contributed by atoms with Crippen molar-refractivity contribution in [3.05, 3.63) is 77.3 Å². The number of aliphatic hydroxyl groups is 1. The van der Waals surface area contributed by atoms with Crippen LogP contribution in [0.3, 0.4) is 0 Å². The molecule has 2 aromatic rings. The summed E-state index contributed by atoms with van der Waals surface area (Å²) in [7, 11) is 0. The average molecular weight is 525 g/mol. The van der Waals surface area contributed by atoms with Crippen molar-refractivity contribution in [2.45, 2.75) is 43.6 Å². The summed E-state index contributed by atoms with van der Waals surface area (Å²) in [5.74, 6) is -4.17. The largest absolute Gasteiger partial charge is 0.481 e. The van der Waals surface area contributed by atoms with Gasteiger partial charge in [0.1, 0.15) is 11.6 Å². The van der Waals surface area contributed by atoms with Gasteiger partial charge >= 0.3 is 5.97 Å². The van der Waals surface area contributed by atoms with Gasteiger partial charge < -0.3 is 24.7 Å². The highest BCUT2D eigenvalue weighted by Gasteiger charge is 2.75. The lowest BCUT2D eigenvalue weighted by atomic mass is 9.70. The van der Waals surface area contributed by atoms with Gasteiger partial charge in [-0.15, -0.1) is 6.58 Å². The van der Waals surface area contributed by atoms with Crippen molar-refractivity contribution in [2.75, 3.05) is 18.1 Å². The Balaban J connectivity index is 1.68. The van der Waals surface area contributed by atoms with Gasteiger partial charge in [0.25, 0.3) is 5.91 Å². The molecule has 2 aromatic carbocycles. The van der Waals surface area contributed by atoms with Gasteiger partial charge in [0.2, 0.25) is 5.91 Å². The Bertz CT molecular complexity index is 1230. The lowest BCUT2D eigenvalue weighted by Gasteiger charge is -2.39. The molecule has 2 unspecified atom stereocenters. The molecule has 5 rings (SSSR count). The van der Waals surface area contributed by atoms with Crippen LogP contribution in [0.15, 0.2) is 61.2 Å². The molecule has 0 aromatic heterocycles. The molecule has 9 heteroatoms. The fourth-order valence-corrected chi connectivity index (χ4v) is 6.87. The predicted octanol–water partition coefficient (Wildman–Crippen LogP) is 3.36. The van der Waals surface area contributed by atoms with E-state index in [0.29, 0.717) is 29.1 Å². The summed E-state index contributed by atoms with van der Waals surface area (Å²) in [5, 5.41) is 20.9. The molecule has 3 fully saturated rings. The number of aliphatic carboxylic acids is 1. The number of amides is 2. The molecule has 0 aliphatic carbocycles. The quantitative estimate of drug-likeness (QED) is 0.513. The van der Waals surface area contributed by atoms with Crippen LogP contribution in [-0.4, -0.2) is 63.8 Å². The molecule has 37 heavy (non-hydrogen) atoms. The zero-order valence-electron chi connectivity index (χ0n) is 20.4. The number of carbonyl (C=O) groups excluding carboxylic acids is 2. The first kappa shape index (κ1) is 25.4. The van der Waals surface area contributed by atoms with E-state index in [1.807, 2.05) is 19.1 Å². The van der Waals surface area contributed by atoms with Crippen molar-refractivity contribution < 1.29 is 29.3 Å². The average Bonchev–Trinajstić information content (AvgIpc) is 3.52. The number of nitrogens with zero attached hydrogens (tertiary/aromatic N) is 2. The number of likely N-dealkylation sites (tertiary alicyclic amines) is 1. The highest BCUT2D eigenvalue weighted by atomic mass is 35.5. The van der Waals surface area contributed by atoms with E-state index in [1.165, 1.54) is 9.80 Å². The van der Waals surface area contributed by atoms with E-state index in [4.69, 9.17) is 16.3 Å². The normalized spacial score (nSPS) is 28.7. The third kappa shape index (κ3) is 3.77. The van der Waals surface area contributed by atoms with Crippen molar-refractivity contribution >= 4 is 35.1 Å². The van der Waals surface area contributed by atoms with Gasteiger partial charge in [0.05, 0.1) is 41.3 Å². The van der Waals surface area contributed by atoms with E-state index in [1.54, 1.807) is 42.5 Å². The van der Waals surface area contributed by atoms with Crippen molar-refractivity contribution in [2.24, 2.45) is 11.8 Å². The molecular weight excluding hydrogens is 496 g/mol. The van der Waals surface area contributed by atoms with Gasteiger partial charge in [-0.25, -0.2) is 0 Å². The molecule has 2 amide bonds. The van der Waals surface area contributed by atoms with Gasteiger partial charge in [-0.1, -0.05) is 60.1 Å². The van der Waals surface area contributed by atoms with E-state index in [-0.39, 0.29) is 6.54 Å². The number of benzene rings is 2. The molecule has 0 radical (unpaired) electrons. The van der Waals surface area contributed by atoms with Crippen molar-refractivity contribution in [1.29, 1.82) is 0 Å². The number of para-hydroxylation sites is 1. The number of anilines is 1. The van der Waals surface area contributed by atoms with Crippen LogP contribution < -0.4 is 4.90 Å². The second-order valence-corrected chi connectivity index (χ2v) is 10.3. The number of hydrogen-bond donors (Lipinski definition) is 2. The van der Waals surface area contributed by atoms with E-state index in [9.17, 15) is 24.6 Å². The summed E-state index contributed by atoms with van der Waals surface area (Å²) in [6.07, 6.45) is 1.72. The third-order valence-corrected chi connectivity index (χ3v) is 8.29. The molecule has 3 aliphatic rings. The number of aliphatic hydroxyl groups excluding tert-OH is 1. The Morgan fingerprint density at radius 2 is 2.00 bits per heavy atom. The Morgan fingerprint density at radius 1 is 1.27 bits per heavy atom. The Labute approximate surface area is 220 Å². The monoisotopic (exact) mass is 524 g/mol. The Hall–Kier alpha value is -3.20. The first-order valence-corrected chi connectivity index (χ1v) is 12.7. The molecule has 6 atom stereocenters. The molecule has 3 saturated heterocycles. The summed E-state index contributed by atoms with van der Waals surface area (Å²) in [5.41, 5.74) is 0.565. The van der Waals surface area contributed by atoms with E-state index in [2.05, 4.69) is 6.58 Å². The topological polar surface area (TPSA) is 107 Å². The van der Waals surface area contributed by atoms with Crippen LogP contribution in [0.25, 0.3) is 0 Å². The summed E-state index contributed by atoms with van der Waals surface area (Å²) in [6, 6.07) is 12.2. The number of halogens is 1. The van der Waals surface area contributed by atoms with Crippen LogP contribution >= 0.6 is 11.6 Å². The van der Waals surface area contributed by atoms with Gasteiger partial charge in [-0.05, 0) is 37.0 Å². The fourth-order valence-electron chi connectivity index (χ4n) is 6.55. The van der Waals surface area contributed by atoms with Crippen molar-refractivity contribution in [1.82, 2.24) is 4.90 Å². The summed E-state index contributed by atoms with van der Waals surface area (Å²) >= 11 is 6.56. The fraction of sp³-hybridized carbons (Fsp3) is 0.393. The molecule has 8 nitrogen and oxygen atoms in total. The minimum Gasteiger partial charge on any atom is -0.481 e. The summed E-state index contributed by atoms with van der Waals surface area (Å²) in [4.78, 5) is 43.8. The zero-order chi connectivity index (χ0) is 26.5. The number of carboxylic acids is 1. The molecule has 3 aliphatic heterocycles. The molecule has 194 valence electrons. The second-order valence-electron chi connectivity index (χ2n) is 9.89. The number of carboxylic acid groups (broad SMARTS) is 1. The first-order valence-electron chi connectivity index (χ1n) is 12.3. The van der Waals surface area contributed by atoms with Gasteiger partial charge in [-0.3, -0.25) is 14.4 Å². The van der Waals surface area contributed by atoms with Crippen molar-refractivity contribution in [3.63, 3.8) is 0 Å². The molecule has 2 bridgehead atoms. The number of carbonyl (C=O) groups is 3. The van der Waals surface area contributed by atoms with Gasteiger partial charge in [0, 0.05) is 6.54 Å². The molecule has 2 N–H and O–H groups in total. The van der Waals surface area contributed by atoms with Crippen LogP contribution in [0.5, 0.6) is 0 Å². The molecule has 0 saturated carbocycles. The van der Waals surface area contributed by atoms with Crippen LogP contribution in [0.4, 0.5) is 5.69 Å². The SMILES string of the molecule is C=CCN(C(=O)C1N([C@H](CO)c2ccccc2)C(=O)[C@@H]2[C@@H](C(=O)O)[C@H]3CCC12O3)c1c(C)cccc1Cl. The standard InChI is InChI=1S/C28H29ClN2O6/c1-3-14-30(23-16(2)8-7-11-18(23)29)26(34)24-28-13-12-20(37-28)21(27(35)36)22(28)25(33)31(24)19(15-32)17-9-5-4-6-10-17/h3-11,19-22,24,32H,1,12-15H2,2H3,(H,35,36)/t19-,20-,21+,22+,24?,28?/m1/s1. The minimum atomic E-state index is -1.32. The number of hydrogen-bond acceptors (Lipinski definition) is 5. The van der Waals surface area contributed by atoms with E-state index < -0.39 is 60.0 Å². The first-order chi connectivity index (χ1) is 17.8. The number of rotatable bonds is 8.